The molecule has 2 rings (SSSR count). The zero-order valence-corrected chi connectivity index (χ0v) is 15.8. The average molecular weight is 368 g/mol. The second-order valence-corrected chi connectivity index (χ2v) is 6.87. The van der Waals surface area contributed by atoms with Crippen molar-refractivity contribution in [1.82, 2.24) is 0 Å². The van der Waals surface area contributed by atoms with E-state index in [1.807, 2.05) is 6.92 Å². The Labute approximate surface area is 155 Å². The summed E-state index contributed by atoms with van der Waals surface area (Å²) in [6.07, 6.45) is 10.3. The summed E-state index contributed by atoms with van der Waals surface area (Å²) < 4.78 is 44.1. The van der Waals surface area contributed by atoms with E-state index in [2.05, 4.69) is 12.2 Å². The molecule has 1 aromatic carbocycles. The van der Waals surface area contributed by atoms with Crippen molar-refractivity contribution in [3.05, 3.63) is 35.9 Å². The summed E-state index contributed by atoms with van der Waals surface area (Å²) >= 11 is 0. The lowest BCUT2D eigenvalue weighted by molar-refractivity contribution is 0.186. The minimum atomic E-state index is -0.967. The molecule has 1 aliphatic carbocycles. The Hall–Kier alpha value is -1.62. The molecule has 26 heavy (non-hydrogen) atoms. The van der Waals surface area contributed by atoms with E-state index in [1.54, 1.807) is 7.11 Å². The summed E-state index contributed by atoms with van der Waals surface area (Å²) in [6.45, 7) is 3.46. The molecule has 1 saturated carbocycles. The first-order valence-electron chi connectivity index (χ1n) is 9.54. The van der Waals surface area contributed by atoms with Crippen LogP contribution in [0.15, 0.2) is 24.3 Å². The average Bonchev–Trinajstić information content (AvgIpc) is 2.66. The van der Waals surface area contributed by atoms with Crippen molar-refractivity contribution in [2.45, 2.75) is 45.4 Å². The number of benzene rings is 1. The van der Waals surface area contributed by atoms with Crippen molar-refractivity contribution in [2.75, 3.05) is 26.9 Å². The summed E-state index contributed by atoms with van der Waals surface area (Å²) in [4.78, 5) is 0. The van der Waals surface area contributed by atoms with E-state index in [-0.39, 0.29) is 11.5 Å². The van der Waals surface area contributed by atoms with Gasteiger partial charge in [0.1, 0.15) is 0 Å². The van der Waals surface area contributed by atoms with Gasteiger partial charge < -0.3 is 14.2 Å². The smallest absolute Gasteiger partial charge is 0.204 e. The second-order valence-electron chi connectivity index (χ2n) is 6.87. The summed E-state index contributed by atoms with van der Waals surface area (Å²) in [5.74, 6) is -1.06. The van der Waals surface area contributed by atoms with E-state index in [4.69, 9.17) is 14.2 Å². The largest absolute Gasteiger partial charge is 0.490 e. The number of hydrogen-bond acceptors (Lipinski definition) is 3. The molecule has 1 aliphatic rings. The zero-order chi connectivity index (χ0) is 18.8. The van der Waals surface area contributed by atoms with Crippen molar-refractivity contribution < 1.29 is 23.0 Å². The van der Waals surface area contributed by atoms with Gasteiger partial charge in [-0.25, -0.2) is 0 Å². The van der Waals surface area contributed by atoms with Gasteiger partial charge in [-0.05, 0) is 56.1 Å². The lowest BCUT2D eigenvalue weighted by Crippen LogP contribution is -2.19. The van der Waals surface area contributed by atoms with Crippen LogP contribution in [0.3, 0.4) is 0 Å². The highest BCUT2D eigenvalue weighted by molar-refractivity contribution is 5.35. The zero-order valence-electron chi connectivity index (χ0n) is 15.8. The monoisotopic (exact) mass is 368 g/mol. The Morgan fingerprint density at radius 2 is 1.69 bits per heavy atom. The standard InChI is InChI=1S/C21H30F2O3/c1-3-4-14-25-18-11-12-19(21(23)20(18)22)26-15-17-9-7-16(8-10-17)6-5-13-24-2/h5-6,11-12,16-17H,3-4,7-10,13-15H2,1-2H3. The number of allylic oxidation sites excluding steroid dienone is 1. The van der Waals surface area contributed by atoms with E-state index < -0.39 is 11.6 Å². The first-order chi connectivity index (χ1) is 12.7. The van der Waals surface area contributed by atoms with Gasteiger partial charge in [-0.2, -0.15) is 8.78 Å². The van der Waals surface area contributed by atoms with E-state index in [9.17, 15) is 8.78 Å². The van der Waals surface area contributed by atoms with Gasteiger partial charge in [-0.15, -0.1) is 0 Å². The first kappa shape index (κ1) is 20.7. The number of halogens is 2. The van der Waals surface area contributed by atoms with Gasteiger partial charge in [0.2, 0.25) is 11.6 Å². The second kappa shape index (κ2) is 11.2. The summed E-state index contributed by atoms with van der Waals surface area (Å²) in [6, 6.07) is 2.90. The SMILES string of the molecule is CCCCOc1ccc(OCC2CCC(C=CCOC)CC2)c(F)c1F. The Balaban J connectivity index is 1.80. The van der Waals surface area contributed by atoms with Crippen LogP contribution in [0.25, 0.3) is 0 Å². The number of unbranched alkanes of at least 4 members (excludes halogenated alkanes) is 1. The maximum absolute atomic E-state index is 14.2. The molecule has 0 aromatic heterocycles. The molecule has 0 unspecified atom stereocenters. The molecule has 3 nitrogen and oxygen atoms in total. The van der Waals surface area contributed by atoms with Crippen molar-refractivity contribution in [3.8, 4) is 11.5 Å². The summed E-state index contributed by atoms with van der Waals surface area (Å²) in [5.41, 5.74) is 0. The van der Waals surface area contributed by atoms with Crippen LogP contribution in [0, 0.1) is 23.5 Å². The maximum Gasteiger partial charge on any atom is 0.204 e. The lowest BCUT2D eigenvalue weighted by Gasteiger charge is -2.26. The van der Waals surface area contributed by atoms with Crippen molar-refractivity contribution in [2.24, 2.45) is 11.8 Å². The van der Waals surface area contributed by atoms with Gasteiger partial charge in [-0.3, -0.25) is 0 Å². The molecular formula is C21H30F2O3. The third-order valence-corrected chi connectivity index (χ3v) is 4.80. The Kier molecular flexibility index (Phi) is 8.89. The minimum absolute atomic E-state index is 0.0348. The Morgan fingerprint density at radius 3 is 2.31 bits per heavy atom. The van der Waals surface area contributed by atoms with Gasteiger partial charge in [-0.1, -0.05) is 25.5 Å². The van der Waals surface area contributed by atoms with E-state index in [0.717, 1.165) is 38.5 Å². The first-order valence-corrected chi connectivity index (χ1v) is 9.54. The molecule has 1 fully saturated rings. The topological polar surface area (TPSA) is 27.7 Å². The predicted octanol–water partition coefficient (Wildman–Crippen LogP) is 5.53. The molecule has 0 atom stereocenters. The van der Waals surface area contributed by atoms with Crippen LogP contribution in [0.2, 0.25) is 0 Å². The molecule has 146 valence electrons. The highest BCUT2D eigenvalue weighted by atomic mass is 19.2. The van der Waals surface area contributed by atoms with Gasteiger partial charge in [0.05, 0.1) is 19.8 Å². The maximum atomic E-state index is 14.2. The number of ether oxygens (including phenoxy) is 3. The predicted molar refractivity (Wildman–Crippen MR) is 98.7 cm³/mol. The van der Waals surface area contributed by atoms with E-state index >= 15 is 0 Å². The van der Waals surface area contributed by atoms with Gasteiger partial charge >= 0.3 is 0 Å². The van der Waals surface area contributed by atoms with Crippen LogP contribution in [-0.2, 0) is 4.74 Å². The van der Waals surface area contributed by atoms with Crippen LogP contribution >= 0.6 is 0 Å². The van der Waals surface area contributed by atoms with E-state index in [0.29, 0.717) is 31.7 Å². The molecule has 0 spiro atoms. The Morgan fingerprint density at radius 1 is 1.04 bits per heavy atom. The lowest BCUT2D eigenvalue weighted by atomic mass is 9.82. The molecule has 0 N–H and O–H groups in total. The molecule has 0 heterocycles. The highest BCUT2D eigenvalue weighted by Gasteiger charge is 2.21. The molecular weight excluding hydrogens is 338 g/mol. The molecule has 0 amide bonds. The fourth-order valence-electron chi connectivity index (χ4n) is 3.16. The van der Waals surface area contributed by atoms with Crippen LogP contribution < -0.4 is 9.47 Å². The van der Waals surface area contributed by atoms with Crippen LogP contribution in [-0.4, -0.2) is 26.9 Å². The molecule has 0 bridgehead atoms. The molecule has 5 heteroatoms. The molecule has 1 aromatic rings. The van der Waals surface area contributed by atoms with Gasteiger partial charge in [0, 0.05) is 7.11 Å². The molecule has 0 saturated heterocycles. The quantitative estimate of drug-likeness (QED) is 0.401. The van der Waals surface area contributed by atoms with Gasteiger partial charge in [0.15, 0.2) is 11.5 Å². The summed E-state index contributed by atoms with van der Waals surface area (Å²) in [5, 5.41) is 0. The fourth-order valence-corrected chi connectivity index (χ4v) is 3.16. The Bertz CT molecular complexity index is 567. The van der Waals surface area contributed by atoms with Crippen molar-refractivity contribution in [1.29, 1.82) is 0 Å². The number of methoxy groups -OCH3 is 1. The van der Waals surface area contributed by atoms with Crippen molar-refractivity contribution in [3.63, 3.8) is 0 Å². The third-order valence-electron chi connectivity index (χ3n) is 4.80. The minimum Gasteiger partial charge on any atom is -0.490 e. The highest BCUT2D eigenvalue weighted by Crippen LogP contribution is 2.32. The van der Waals surface area contributed by atoms with Gasteiger partial charge in [0.25, 0.3) is 0 Å². The van der Waals surface area contributed by atoms with Crippen LogP contribution in [0.4, 0.5) is 8.78 Å². The molecule has 0 aliphatic heterocycles. The number of hydrogen-bond donors (Lipinski definition) is 0. The number of rotatable bonds is 10. The van der Waals surface area contributed by atoms with E-state index in [1.165, 1.54) is 12.1 Å². The molecule has 0 radical (unpaired) electrons. The fraction of sp³-hybridized carbons (Fsp3) is 0.619. The van der Waals surface area contributed by atoms with Crippen LogP contribution in [0.5, 0.6) is 11.5 Å². The van der Waals surface area contributed by atoms with Crippen molar-refractivity contribution >= 4 is 0 Å². The normalized spacial score (nSPS) is 20.5. The summed E-state index contributed by atoms with van der Waals surface area (Å²) in [7, 11) is 1.68. The van der Waals surface area contributed by atoms with Crippen LogP contribution in [0.1, 0.15) is 45.4 Å². The third kappa shape index (κ3) is 6.27.